The Labute approximate surface area is 114 Å². The van der Waals surface area contributed by atoms with E-state index in [1.54, 1.807) is 12.1 Å². The van der Waals surface area contributed by atoms with Crippen LogP contribution >= 0.6 is 0 Å². The van der Waals surface area contributed by atoms with Crippen molar-refractivity contribution in [1.29, 1.82) is 0 Å². The van der Waals surface area contributed by atoms with Gasteiger partial charge in [-0.05, 0) is 49.9 Å². The number of phenols is 1. The van der Waals surface area contributed by atoms with Gasteiger partial charge in [0, 0.05) is 11.6 Å². The van der Waals surface area contributed by atoms with Gasteiger partial charge < -0.3 is 10.4 Å². The molecule has 0 saturated heterocycles. The number of carbonyl (C=O) groups is 1. The lowest BCUT2D eigenvalue weighted by Crippen LogP contribution is -2.32. The highest BCUT2D eigenvalue weighted by Crippen LogP contribution is 2.39. The number of anilines is 1. The molecular weight excluding hydrogens is 271 g/mol. The van der Waals surface area contributed by atoms with Gasteiger partial charge in [0.2, 0.25) is 5.91 Å². The van der Waals surface area contributed by atoms with Crippen LogP contribution in [0.15, 0.2) is 24.3 Å². The number of rotatable bonds is 2. The molecule has 0 aromatic heterocycles. The summed E-state index contributed by atoms with van der Waals surface area (Å²) in [7, 11) is 0. The number of amides is 1. The van der Waals surface area contributed by atoms with E-state index in [1.807, 2.05) is 0 Å². The predicted molar refractivity (Wildman–Crippen MR) is 68.2 cm³/mol. The average molecular weight is 287 g/mol. The fraction of sp³-hybridized carbons (Fsp3) is 0.500. The van der Waals surface area contributed by atoms with Gasteiger partial charge in [-0.1, -0.05) is 0 Å². The number of halogens is 3. The largest absolute Gasteiger partial charge is 0.508 e. The van der Waals surface area contributed by atoms with Gasteiger partial charge in [-0.25, -0.2) is 0 Å². The van der Waals surface area contributed by atoms with Crippen molar-refractivity contribution < 1.29 is 23.1 Å². The summed E-state index contributed by atoms with van der Waals surface area (Å²) < 4.78 is 37.6. The van der Waals surface area contributed by atoms with Gasteiger partial charge in [0.05, 0.1) is 5.92 Å². The number of carbonyl (C=O) groups excluding carboxylic acids is 1. The fourth-order valence-electron chi connectivity index (χ4n) is 2.47. The molecule has 1 aromatic rings. The quantitative estimate of drug-likeness (QED) is 0.815. The third-order valence-corrected chi connectivity index (χ3v) is 3.70. The van der Waals surface area contributed by atoms with Crippen LogP contribution < -0.4 is 5.32 Å². The summed E-state index contributed by atoms with van der Waals surface area (Å²) in [6.45, 7) is 0. The number of nitrogens with one attached hydrogen (secondary N) is 1. The summed E-state index contributed by atoms with van der Waals surface area (Å²) >= 11 is 0. The van der Waals surface area contributed by atoms with Crippen LogP contribution in [0.1, 0.15) is 25.7 Å². The van der Waals surface area contributed by atoms with Gasteiger partial charge in [-0.2, -0.15) is 13.2 Å². The van der Waals surface area contributed by atoms with Gasteiger partial charge in [0.25, 0.3) is 0 Å². The summed E-state index contributed by atoms with van der Waals surface area (Å²) in [5.41, 5.74) is 0.533. The second-order valence-corrected chi connectivity index (χ2v) is 5.13. The minimum absolute atomic E-state index is 0.0111. The summed E-state index contributed by atoms with van der Waals surface area (Å²) in [5, 5.41) is 11.8. The molecule has 0 spiro atoms. The molecule has 2 N–H and O–H groups in total. The fourth-order valence-corrected chi connectivity index (χ4v) is 2.47. The molecule has 1 aliphatic carbocycles. The zero-order chi connectivity index (χ0) is 14.8. The molecule has 0 radical (unpaired) electrons. The maximum Gasteiger partial charge on any atom is 0.391 e. The van der Waals surface area contributed by atoms with Gasteiger partial charge in [0.1, 0.15) is 5.75 Å². The Kier molecular flexibility index (Phi) is 4.20. The van der Waals surface area contributed by atoms with Crippen LogP contribution in [0.25, 0.3) is 0 Å². The first-order valence-corrected chi connectivity index (χ1v) is 6.53. The molecular formula is C14H16F3NO2. The molecule has 0 heterocycles. The van der Waals surface area contributed by atoms with Crippen molar-refractivity contribution in [2.75, 3.05) is 5.32 Å². The summed E-state index contributed by atoms with van der Waals surface area (Å²) in [6.07, 6.45) is -3.62. The second kappa shape index (κ2) is 5.73. The van der Waals surface area contributed by atoms with Gasteiger partial charge in [-0.15, -0.1) is 0 Å². The highest BCUT2D eigenvalue weighted by molar-refractivity contribution is 5.92. The van der Waals surface area contributed by atoms with E-state index < -0.39 is 12.1 Å². The van der Waals surface area contributed by atoms with E-state index in [9.17, 15) is 18.0 Å². The SMILES string of the molecule is O=C(Nc1ccc(O)cc1)C1CCC(C(F)(F)F)CC1. The van der Waals surface area contributed by atoms with Crippen molar-refractivity contribution in [2.24, 2.45) is 11.8 Å². The molecule has 1 saturated carbocycles. The highest BCUT2D eigenvalue weighted by Gasteiger charge is 2.42. The van der Waals surface area contributed by atoms with Crippen LogP contribution in [0, 0.1) is 11.8 Å². The molecule has 0 aliphatic heterocycles. The van der Waals surface area contributed by atoms with Crippen LogP contribution in [0.3, 0.4) is 0 Å². The van der Waals surface area contributed by atoms with E-state index in [0.29, 0.717) is 5.69 Å². The number of hydrogen-bond acceptors (Lipinski definition) is 2. The van der Waals surface area contributed by atoms with E-state index in [1.165, 1.54) is 12.1 Å². The third kappa shape index (κ3) is 3.65. The molecule has 1 aliphatic rings. The third-order valence-electron chi connectivity index (χ3n) is 3.70. The van der Waals surface area contributed by atoms with E-state index in [2.05, 4.69) is 5.32 Å². The van der Waals surface area contributed by atoms with Gasteiger partial charge >= 0.3 is 6.18 Å². The minimum Gasteiger partial charge on any atom is -0.508 e. The first kappa shape index (κ1) is 14.7. The molecule has 110 valence electrons. The van der Waals surface area contributed by atoms with E-state index in [-0.39, 0.29) is 43.3 Å². The Bertz CT molecular complexity index is 462. The van der Waals surface area contributed by atoms with Crippen LogP contribution in [0.2, 0.25) is 0 Å². The summed E-state index contributed by atoms with van der Waals surface area (Å²) in [6, 6.07) is 5.98. The number of alkyl halides is 3. The summed E-state index contributed by atoms with van der Waals surface area (Å²) in [4.78, 5) is 12.0. The number of hydrogen-bond donors (Lipinski definition) is 2. The Hall–Kier alpha value is -1.72. The van der Waals surface area contributed by atoms with Crippen LogP contribution in [-0.4, -0.2) is 17.2 Å². The van der Waals surface area contributed by atoms with Crippen molar-refractivity contribution in [3.8, 4) is 5.75 Å². The monoisotopic (exact) mass is 287 g/mol. The molecule has 1 fully saturated rings. The smallest absolute Gasteiger partial charge is 0.391 e. The molecule has 0 unspecified atom stereocenters. The van der Waals surface area contributed by atoms with Crippen molar-refractivity contribution in [3.63, 3.8) is 0 Å². The van der Waals surface area contributed by atoms with Gasteiger partial charge in [0.15, 0.2) is 0 Å². The lowest BCUT2D eigenvalue weighted by molar-refractivity contribution is -0.184. The predicted octanol–water partition coefficient (Wildman–Crippen LogP) is 3.70. The average Bonchev–Trinajstić information content (AvgIpc) is 2.40. The maximum atomic E-state index is 12.5. The molecule has 6 heteroatoms. The number of phenolic OH excluding ortho intramolecular Hbond substituents is 1. The van der Waals surface area contributed by atoms with E-state index in [4.69, 9.17) is 5.11 Å². The van der Waals surface area contributed by atoms with Crippen LogP contribution in [-0.2, 0) is 4.79 Å². The number of aromatic hydroxyl groups is 1. The van der Waals surface area contributed by atoms with E-state index >= 15 is 0 Å². The van der Waals surface area contributed by atoms with Crippen LogP contribution in [0.4, 0.5) is 18.9 Å². The summed E-state index contributed by atoms with van der Waals surface area (Å²) in [5.74, 6) is -1.81. The standard InChI is InChI=1S/C14H16F3NO2/c15-14(16,17)10-3-1-9(2-4-10)13(20)18-11-5-7-12(19)8-6-11/h5-10,19H,1-4H2,(H,18,20). The van der Waals surface area contributed by atoms with Gasteiger partial charge in [-0.3, -0.25) is 4.79 Å². The lowest BCUT2D eigenvalue weighted by atomic mass is 9.81. The topological polar surface area (TPSA) is 49.3 Å². The van der Waals surface area contributed by atoms with Crippen molar-refractivity contribution >= 4 is 11.6 Å². The molecule has 0 atom stereocenters. The zero-order valence-electron chi connectivity index (χ0n) is 10.8. The van der Waals surface area contributed by atoms with Crippen molar-refractivity contribution in [1.82, 2.24) is 0 Å². The van der Waals surface area contributed by atoms with Crippen LogP contribution in [0.5, 0.6) is 5.75 Å². The Morgan fingerprint density at radius 3 is 2.15 bits per heavy atom. The Balaban J connectivity index is 1.87. The zero-order valence-corrected chi connectivity index (χ0v) is 10.8. The van der Waals surface area contributed by atoms with Crippen molar-refractivity contribution in [2.45, 2.75) is 31.9 Å². The molecule has 20 heavy (non-hydrogen) atoms. The highest BCUT2D eigenvalue weighted by atomic mass is 19.4. The lowest BCUT2D eigenvalue weighted by Gasteiger charge is -2.29. The minimum atomic E-state index is -4.15. The normalized spacial score (nSPS) is 23.4. The van der Waals surface area contributed by atoms with Crippen molar-refractivity contribution in [3.05, 3.63) is 24.3 Å². The Morgan fingerprint density at radius 2 is 1.65 bits per heavy atom. The molecule has 1 amide bonds. The maximum absolute atomic E-state index is 12.5. The van der Waals surface area contributed by atoms with E-state index in [0.717, 1.165) is 0 Å². The number of benzene rings is 1. The molecule has 0 bridgehead atoms. The second-order valence-electron chi connectivity index (χ2n) is 5.13. The Morgan fingerprint density at radius 1 is 1.10 bits per heavy atom. The molecule has 2 rings (SSSR count). The first-order valence-electron chi connectivity index (χ1n) is 6.53. The first-order chi connectivity index (χ1) is 9.36. The molecule has 3 nitrogen and oxygen atoms in total. The molecule has 1 aromatic carbocycles.